The summed E-state index contributed by atoms with van der Waals surface area (Å²) in [6.07, 6.45) is 6.53. The van der Waals surface area contributed by atoms with Crippen LogP contribution in [0.1, 0.15) is 38.7 Å². The Morgan fingerprint density at radius 1 is 1.55 bits per heavy atom. The van der Waals surface area contributed by atoms with E-state index in [4.69, 9.17) is 5.73 Å². The maximum Gasteiger partial charge on any atom is 0.237 e. The van der Waals surface area contributed by atoms with Gasteiger partial charge in [0.1, 0.15) is 0 Å². The van der Waals surface area contributed by atoms with E-state index >= 15 is 0 Å². The molecule has 0 aromatic carbocycles. The summed E-state index contributed by atoms with van der Waals surface area (Å²) in [4.78, 5) is 20.3. The zero-order valence-electron chi connectivity index (χ0n) is 12.2. The Bertz CT molecular complexity index is 475. The Hall–Kier alpha value is -1.14. The molecule has 3 N–H and O–H groups in total. The fraction of sp³-hybridized carbons (Fsp3) is 0.643. The maximum absolute atomic E-state index is 11.7. The van der Waals surface area contributed by atoms with Gasteiger partial charge in [-0.25, -0.2) is 9.97 Å². The molecule has 0 spiro atoms. The number of primary amides is 1. The molecule has 0 radical (unpaired) electrons. The number of amides is 1. The van der Waals surface area contributed by atoms with Crippen molar-refractivity contribution in [2.24, 2.45) is 5.73 Å². The van der Waals surface area contributed by atoms with Crippen LogP contribution in [0.15, 0.2) is 17.6 Å². The zero-order chi connectivity index (χ0) is 14.8. The first-order valence-electron chi connectivity index (χ1n) is 6.92. The Morgan fingerprint density at radius 3 is 2.65 bits per heavy atom. The van der Waals surface area contributed by atoms with E-state index < -0.39 is 5.54 Å². The highest BCUT2D eigenvalue weighted by Crippen LogP contribution is 2.29. The third-order valence-corrected chi connectivity index (χ3v) is 4.39. The average Bonchev–Trinajstić information content (AvgIpc) is 3.15. The topological polar surface area (TPSA) is 80.9 Å². The van der Waals surface area contributed by atoms with Gasteiger partial charge >= 0.3 is 0 Å². The smallest absolute Gasteiger partial charge is 0.237 e. The average molecular weight is 294 g/mol. The van der Waals surface area contributed by atoms with E-state index in [0.29, 0.717) is 12.5 Å². The summed E-state index contributed by atoms with van der Waals surface area (Å²) >= 11 is 1.57. The minimum atomic E-state index is -0.654. The van der Waals surface area contributed by atoms with E-state index in [9.17, 15) is 4.79 Å². The molecule has 1 heterocycles. The summed E-state index contributed by atoms with van der Waals surface area (Å²) in [7, 11) is 0. The summed E-state index contributed by atoms with van der Waals surface area (Å²) in [6, 6.07) is 0.445. The van der Waals surface area contributed by atoms with Gasteiger partial charge in [0.05, 0.1) is 5.54 Å². The van der Waals surface area contributed by atoms with Crippen molar-refractivity contribution < 1.29 is 4.79 Å². The molecular weight excluding hydrogens is 272 g/mol. The molecule has 1 aliphatic carbocycles. The van der Waals surface area contributed by atoms with Gasteiger partial charge in [-0.15, -0.1) is 0 Å². The summed E-state index contributed by atoms with van der Waals surface area (Å²) in [6.45, 7) is 5.92. The van der Waals surface area contributed by atoms with Crippen molar-refractivity contribution in [1.29, 1.82) is 0 Å². The SMILES string of the molecule is Cc1cnc(SC(C)CC(C)(NC2CC2)C(N)=O)nc1. The number of rotatable bonds is 7. The monoisotopic (exact) mass is 294 g/mol. The van der Waals surface area contributed by atoms with Crippen LogP contribution >= 0.6 is 11.8 Å². The number of aromatic nitrogens is 2. The number of aryl methyl sites for hydroxylation is 1. The van der Waals surface area contributed by atoms with Gasteiger partial charge in [-0.3, -0.25) is 4.79 Å². The van der Waals surface area contributed by atoms with Gasteiger partial charge in [0.2, 0.25) is 5.91 Å². The Labute approximate surface area is 124 Å². The molecule has 1 saturated carbocycles. The van der Waals surface area contributed by atoms with Gasteiger partial charge in [0.15, 0.2) is 5.16 Å². The van der Waals surface area contributed by atoms with E-state index in [1.165, 1.54) is 0 Å². The van der Waals surface area contributed by atoms with Crippen LogP contribution < -0.4 is 11.1 Å². The van der Waals surface area contributed by atoms with Gasteiger partial charge < -0.3 is 11.1 Å². The van der Waals surface area contributed by atoms with Gasteiger partial charge in [0, 0.05) is 23.7 Å². The molecule has 1 aromatic heterocycles. The highest BCUT2D eigenvalue weighted by Gasteiger charge is 2.38. The van der Waals surface area contributed by atoms with Gasteiger partial charge in [-0.05, 0) is 38.7 Å². The highest BCUT2D eigenvalue weighted by molar-refractivity contribution is 7.99. The van der Waals surface area contributed by atoms with Crippen molar-refractivity contribution in [2.75, 3.05) is 0 Å². The van der Waals surface area contributed by atoms with Crippen LogP contribution in [0, 0.1) is 6.92 Å². The van der Waals surface area contributed by atoms with Crippen LogP contribution in [-0.4, -0.2) is 32.7 Å². The fourth-order valence-corrected chi connectivity index (χ4v) is 3.15. The molecule has 0 bridgehead atoms. The molecule has 2 atom stereocenters. The molecule has 6 heteroatoms. The van der Waals surface area contributed by atoms with Crippen molar-refractivity contribution in [2.45, 2.75) is 62.0 Å². The van der Waals surface area contributed by atoms with Crippen LogP contribution in [-0.2, 0) is 4.79 Å². The van der Waals surface area contributed by atoms with Gasteiger partial charge in [0.25, 0.3) is 0 Å². The van der Waals surface area contributed by atoms with Gasteiger partial charge in [-0.2, -0.15) is 0 Å². The van der Waals surface area contributed by atoms with Crippen molar-refractivity contribution >= 4 is 17.7 Å². The largest absolute Gasteiger partial charge is 0.368 e. The number of carbonyl (C=O) groups excluding carboxylic acids is 1. The number of carbonyl (C=O) groups is 1. The second kappa shape index (κ2) is 6.10. The highest BCUT2D eigenvalue weighted by atomic mass is 32.2. The number of nitrogens with two attached hydrogens (primary N) is 1. The number of nitrogens with one attached hydrogen (secondary N) is 1. The molecule has 1 aliphatic rings. The first-order chi connectivity index (χ1) is 9.39. The fourth-order valence-electron chi connectivity index (χ4n) is 2.15. The van der Waals surface area contributed by atoms with Crippen molar-refractivity contribution in [1.82, 2.24) is 15.3 Å². The molecule has 0 saturated heterocycles. The molecule has 20 heavy (non-hydrogen) atoms. The van der Waals surface area contributed by atoms with Crippen LogP contribution in [0.25, 0.3) is 0 Å². The van der Waals surface area contributed by atoms with Crippen molar-refractivity contribution in [3.05, 3.63) is 18.0 Å². The van der Waals surface area contributed by atoms with Crippen LogP contribution in [0.3, 0.4) is 0 Å². The van der Waals surface area contributed by atoms with E-state index in [-0.39, 0.29) is 11.2 Å². The van der Waals surface area contributed by atoms with Crippen molar-refractivity contribution in [3.63, 3.8) is 0 Å². The molecule has 0 aliphatic heterocycles. The third kappa shape index (κ3) is 4.18. The summed E-state index contributed by atoms with van der Waals surface area (Å²) < 4.78 is 0. The standard InChI is InChI=1S/C14H22N4OS/c1-9-7-16-13(17-8-9)20-10(2)6-14(3,12(15)19)18-11-4-5-11/h7-8,10-11,18H,4-6H2,1-3H3,(H2,15,19). The number of hydrogen-bond acceptors (Lipinski definition) is 5. The molecule has 5 nitrogen and oxygen atoms in total. The normalized spacial score (nSPS) is 19.4. The van der Waals surface area contributed by atoms with E-state index in [1.54, 1.807) is 24.2 Å². The minimum absolute atomic E-state index is 0.210. The summed E-state index contributed by atoms with van der Waals surface area (Å²) in [5.74, 6) is -0.290. The lowest BCUT2D eigenvalue weighted by atomic mass is 9.95. The molecule has 2 unspecified atom stereocenters. The predicted molar refractivity (Wildman–Crippen MR) is 80.5 cm³/mol. The Morgan fingerprint density at radius 2 is 2.15 bits per heavy atom. The minimum Gasteiger partial charge on any atom is -0.368 e. The number of nitrogens with zero attached hydrogens (tertiary/aromatic N) is 2. The Kier molecular flexibility index (Phi) is 4.65. The lowest BCUT2D eigenvalue weighted by Gasteiger charge is -2.30. The lowest BCUT2D eigenvalue weighted by molar-refractivity contribution is -0.124. The molecular formula is C14H22N4OS. The second-order valence-corrected chi connectivity index (χ2v) is 7.20. The zero-order valence-corrected chi connectivity index (χ0v) is 13.0. The first kappa shape index (κ1) is 15.3. The van der Waals surface area contributed by atoms with E-state index in [0.717, 1.165) is 23.6 Å². The van der Waals surface area contributed by atoms with Gasteiger partial charge in [-0.1, -0.05) is 18.7 Å². The Balaban J connectivity index is 1.95. The summed E-state index contributed by atoms with van der Waals surface area (Å²) in [5.41, 5.74) is 5.95. The van der Waals surface area contributed by atoms with Crippen LogP contribution in [0.2, 0.25) is 0 Å². The molecule has 2 rings (SSSR count). The van der Waals surface area contributed by atoms with E-state index in [1.807, 2.05) is 13.8 Å². The summed E-state index contributed by atoms with van der Waals surface area (Å²) in [5, 5.41) is 4.31. The quantitative estimate of drug-likeness (QED) is 0.590. The number of hydrogen-bond donors (Lipinski definition) is 2. The van der Waals surface area contributed by atoms with E-state index in [2.05, 4.69) is 22.2 Å². The number of thioether (sulfide) groups is 1. The van der Waals surface area contributed by atoms with Crippen LogP contribution in [0.4, 0.5) is 0 Å². The third-order valence-electron chi connectivity index (χ3n) is 3.40. The van der Waals surface area contributed by atoms with Crippen LogP contribution in [0.5, 0.6) is 0 Å². The molecule has 1 aromatic rings. The molecule has 1 fully saturated rings. The maximum atomic E-state index is 11.7. The lowest BCUT2D eigenvalue weighted by Crippen LogP contribution is -2.55. The molecule has 110 valence electrons. The second-order valence-electron chi connectivity index (χ2n) is 5.79. The predicted octanol–water partition coefficient (Wildman–Crippen LogP) is 1.65. The molecule has 1 amide bonds. The first-order valence-corrected chi connectivity index (χ1v) is 7.80. The van der Waals surface area contributed by atoms with Crippen molar-refractivity contribution in [3.8, 4) is 0 Å².